The van der Waals surface area contributed by atoms with Gasteiger partial charge in [0.2, 0.25) is 0 Å². The molecule has 3 rings (SSSR count). The van der Waals surface area contributed by atoms with Gasteiger partial charge in [0.15, 0.2) is 0 Å². The predicted molar refractivity (Wildman–Crippen MR) is 84.6 cm³/mol. The van der Waals surface area contributed by atoms with E-state index in [9.17, 15) is 15.2 Å². The van der Waals surface area contributed by atoms with Crippen molar-refractivity contribution in [3.63, 3.8) is 0 Å². The third-order valence-corrected chi connectivity index (χ3v) is 5.27. The highest BCUT2D eigenvalue weighted by Gasteiger charge is 2.31. The first-order valence-corrected chi connectivity index (χ1v) is 8.28. The number of aliphatic hydroxyl groups is 1. The van der Waals surface area contributed by atoms with Crippen LogP contribution < -0.4 is 0 Å². The van der Waals surface area contributed by atoms with E-state index in [4.69, 9.17) is 0 Å². The second kappa shape index (κ2) is 6.75. The van der Waals surface area contributed by atoms with Crippen LogP contribution in [-0.2, 0) is 0 Å². The van der Waals surface area contributed by atoms with Crippen LogP contribution in [0.3, 0.4) is 0 Å². The Labute approximate surface area is 131 Å². The monoisotopic (exact) mass is 304 g/mol. The summed E-state index contributed by atoms with van der Waals surface area (Å²) in [4.78, 5) is 12.8. The molecule has 1 aromatic rings. The number of piperidine rings is 1. The standard InChI is InChI=1S/C17H24N2O3/c20-17(14-6-3-7-16(10-14)19(21)22)12-18-9-8-13-4-1-2-5-15(13)11-18/h3,6-7,10,13,15,17,20H,1-2,4-5,8-9,11-12H2/t13-,15-,17?/m1/s1. The van der Waals surface area contributed by atoms with Crippen LogP contribution in [0.1, 0.15) is 43.8 Å². The topological polar surface area (TPSA) is 66.6 Å². The van der Waals surface area contributed by atoms with Gasteiger partial charge in [0.25, 0.3) is 5.69 Å². The molecule has 1 unspecified atom stereocenters. The van der Waals surface area contributed by atoms with Crippen LogP contribution in [0.2, 0.25) is 0 Å². The SMILES string of the molecule is O=[N+]([O-])c1cccc(C(O)CN2CC[C@H]3CCCC[C@@H]3C2)c1. The molecule has 0 amide bonds. The lowest BCUT2D eigenvalue weighted by atomic mass is 9.75. The van der Waals surface area contributed by atoms with Crippen molar-refractivity contribution >= 4 is 5.69 Å². The minimum Gasteiger partial charge on any atom is -0.387 e. The average molecular weight is 304 g/mol. The van der Waals surface area contributed by atoms with E-state index in [1.807, 2.05) is 0 Å². The molecule has 1 aromatic carbocycles. The van der Waals surface area contributed by atoms with Gasteiger partial charge in [0, 0.05) is 25.2 Å². The number of nitrogens with zero attached hydrogens (tertiary/aromatic N) is 2. The summed E-state index contributed by atoms with van der Waals surface area (Å²) in [6, 6.07) is 6.36. The minimum absolute atomic E-state index is 0.0440. The zero-order valence-electron chi connectivity index (χ0n) is 12.9. The summed E-state index contributed by atoms with van der Waals surface area (Å²) in [6.45, 7) is 2.67. The van der Waals surface area contributed by atoms with Crippen LogP contribution in [0.25, 0.3) is 0 Å². The van der Waals surface area contributed by atoms with E-state index in [0.29, 0.717) is 12.1 Å². The molecule has 1 heterocycles. The van der Waals surface area contributed by atoms with E-state index in [2.05, 4.69) is 4.90 Å². The van der Waals surface area contributed by atoms with Gasteiger partial charge in [-0.3, -0.25) is 10.1 Å². The van der Waals surface area contributed by atoms with Gasteiger partial charge in [-0.15, -0.1) is 0 Å². The fourth-order valence-corrected chi connectivity index (χ4v) is 4.04. The number of aliphatic hydroxyl groups excluding tert-OH is 1. The third kappa shape index (κ3) is 3.47. The Morgan fingerprint density at radius 1 is 1.27 bits per heavy atom. The van der Waals surface area contributed by atoms with Crippen molar-refractivity contribution in [2.45, 2.75) is 38.2 Å². The van der Waals surface area contributed by atoms with E-state index in [0.717, 1.165) is 24.9 Å². The molecular formula is C17H24N2O3. The summed E-state index contributed by atoms with van der Waals surface area (Å²) in [5, 5.41) is 21.2. The molecule has 22 heavy (non-hydrogen) atoms. The largest absolute Gasteiger partial charge is 0.387 e. The quantitative estimate of drug-likeness (QED) is 0.685. The number of fused-ring (bicyclic) bond motifs is 1. The lowest BCUT2D eigenvalue weighted by Crippen LogP contribution is -2.43. The predicted octanol–water partition coefficient (Wildman–Crippen LogP) is 3.14. The highest BCUT2D eigenvalue weighted by atomic mass is 16.6. The molecule has 2 aliphatic rings. The molecule has 0 bridgehead atoms. The van der Waals surface area contributed by atoms with Gasteiger partial charge >= 0.3 is 0 Å². The molecule has 120 valence electrons. The molecule has 2 fully saturated rings. The third-order valence-electron chi connectivity index (χ3n) is 5.27. The first kappa shape index (κ1) is 15.4. The Bertz CT molecular complexity index is 534. The van der Waals surface area contributed by atoms with Crippen molar-refractivity contribution in [1.82, 2.24) is 4.90 Å². The van der Waals surface area contributed by atoms with E-state index >= 15 is 0 Å². The first-order valence-electron chi connectivity index (χ1n) is 8.28. The number of β-amino-alcohol motifs (C(OH)–C–C–N with tert-alkyl or cyclic N) is 1. The molecule has 0 radical (unpaired) electrons. The average Bonchev–Trinajstić information content (AvgIpc) is 2.55. The summed E-state index contributed by atoms with van der Waals surface area (Å²) in [7, 11) is 0. The van der Waals surface area contributed by atoms with E-state index in [1.165, 1.54) is 44.2 Å². The second-order valence-electron chi connectivity index (χ2n) is 6.72. The Hall–Kier alpha value is -1.46. The first-order chi connectivity index (χ1) is 10.6. The maximum absolute atomic E-state index is 10.8. The molecule has 1 aliphatic carbocycles. The number of hydrogen-bond acceptors (Lipinski definition) is 4. The van der Waals surface area contributed by atoms with Gasteiger partial charge in [-0.25, -0.2) is 0 Å². The van der Waals surface area contributed by atoms with Crippen molar-refractivity contribution in [1.29, 1.82) is 0 Å². The van der Waals surface area contributed by atoms with Crippen molar-refractivity contribution in [3.05, 3.63) is 39.9 Å². The number of hydrogen-bond donors (Lipinski definition) is 1. The number of benzene rings is 1. The van der Waals surface area contributed by atoms with Gasteiger partial charge in [-0.2, -0.15) is 0 Å². The van der Waals surface area contributed by atoms with Crippen LogP contribution in [0.4, 0.5) is 5.69 Å². The summed E-state index contributed by atoms with van der Waals surface area (Å²) in [5.74, 6) is 1.65. The van der Waals surface area contributed by atoms with Crippen molar-refractivity contribution < 1.29 is 10.0 Å². The van der Waals surface area contributed by atoms with Crippen molar-refractivity contribution in [2.75, 3.05) is 19.6 Å². The molecular weight excluding hydrogens is 280 g/mol. The zero-order valence-corrected chi connectivity index (χ0v) is 12.9. The maximum Gasteiger partial charge on any atom is 0.269 e. The Kier molecular flexibility index (Phi) is 4.74. The normalized spacial score (nSPS) is 27.1. The van der Waals surface area contributed by atoms with Gasteiger partial charge in [0.05, 0.1) is 11.0 Å². The molecule has 0 spiro atoms. The number of rotatable bonds is 4. The van der Waals surface area contributed by atoms with Crippen molar-refractivity contribution in [2.24, 2.45) is 11.8 Å². The van der Waals surface area contributed by atoms with Gasteiger partial charge in [-0.1, -0.05) is 31.4 Å². The van der Waals surface area contributed by atoms with Crippen LogP contribution in [0, 0.1) is 22.0 Å². The van der Waals surface area contributed by atoms with E-state index < -0.39 is 11.0 Å². The second-order valence-corrected chi connectivity index (χ2v) is 6.72. The molecule has 1 saturated heterocycles. The summed E-state index contributed by atoms with van der Waals surface area (Å²) in [5.41, 5.74) is 0.683. The Balaban J connectivity index is 1.60. The van der Waals surface area contributed by atoms with Gasteiger partial charge < -0.3 is 10.0 Å². The van der Waals surface area contributed by atoms with Gasteiger partial charge in [0.1, 0.15) is 0 Å². The number of likely N-dealkylation sites (tertiary alicyclic amines) is 1. The van der Waals surface area contributed by atoms with Crippen LogP contribution in [0.5, 0.6) is 0 Å². The minimum atomic E-state index is -0.653. The van der Waals surface area contributed by atoms with E-state index in [-0.39, 0.29) is 5.69 Å². The molecule has 5 heteroatoms. The summed E-state index contributed by atoms with van der Waals surface area (Å²) >= 11 is 0. The number of nitro benzene ring substituents is 1. The highest BCUT2D eigenvalue weighted by molar-refractivity contribution is 5.35. The summed E-state index contributed by atoms with van der Waals surface area (Å²) < 4.78 is 0. The molecule has 3 atom stereocenters. The summed E-state index contributed by atoms with van der Waals surface area (Å²) in [6.07, 6.45) is 5.96. The highest BCUT2D eigenvalue weighted by Crippen LogP contribution is 2.36. The fraction of sp³-hybridized carbons (Fsp3) is 0.647. The van der Waals surface area contributed by atoms with Crippen LogP contribution in [0.15, 0.2) is 24.3 Å². The zero-order chi connectivity index (χ0) is 15.5. The van der Waals surface area contributed by atoms with Crippen molar-refractivity contribution in [3.8, 4) is 0 Å². The number of nitro groups is 1. The lowest BCUT2D eigenvalue weighted by Gasteiger charge is -2.41. The van der Waals surface area contributed by atoms with E-state index in [1.54, 1.807) is 12.1 Å². The van der Waals surface area contributed by atoms with Gasteiger partial charge in [-0.05, 0) is 36.8 Å². The molecule has 5 nitrogen and oxygen atoms in total. The maximum atomic E-state index is 10.8. The molecule has 1 N–H and O–H groups in total. The Morgan fingerprint density at radius 3 is 2.82 bits per heavy atom. The fourth-order valence-electron chi connectivity index (χ4n) is 4.04. The Morgan fingerprint density at radius 2 is 2.05 bits per heavy atom. The number of non-ortho nitro benzene ring substituents is 1. The molecule has 1 aliphatic heterocycles. The lowest BCUT2D eigenvalue weighted by molar-refractivity contribution is -0.385. The van der Waals surface area contributed by atoms with Crippen LogP contribution in [-0.4, -0.2) is 34.6 Å². The molecule has 0 aromatic heterocycles. The smallest absolute Gasteiger partial charge is 0.269 e. The molecule has 1 saturated carbocycles. The van der Waals surface area contributed by atoms with Crippen LogP contribution >= 0.6 is 0 Å².